The third-order valence-corrected chi connectivity index (χ3v) is 6.38. The SMILES string of the molecule is CC[C@H](C)c1ccc([C@@H](NCC(=O)Nc2cc(S(C)(=O)=O)ccc2F)C(C)C)cc1. The molecule has 2 rings (SSSR count). The molecule has 0 fully saturated rings. The maximum absolute atomic E-state index is 14.0. The second-order valence-electron chi connectivity index (χ2n) is 8.04. The van der Waals surface area contributed by atoms with E-state index in [1.165, 1.54) is 11.6 Å². The number of rotatable bonds is 9. The van der Waals surface area contributed by atoms with Crippen LogP contribution >= 0.6 is 0 Å². The summed E-state index contributed by atoms with van der Waals surface area (Å²) in [6.07, 6.45) is 2.11. The number of nitrogens with one attached hydrogen (secondary N) is 2. The molecule has 0 heterocycles. The molecule has 0 aliphatic rings. The third-order valence-electron chi connectivity index (χ3n) is 5.27. The van der Waals surface area contributed by atoms with Crippen LogP contribution in [0.5, 0.6) is 0 Å². The van der Waals surface area contributed by atoms with Crippen molar-refractivity contribution in [3.05, 3.63) is 59.4 Å². The number of carbonyl (C=O) groups is 1. The van der Waals surface area contributed by atoms with Gasteiger partial charge in [-0.25, -0.2) is 12.8 Å². The zero-order chi connectivity index (χ0) is 22.5. The van der Waals surface area contributed by atoms with Crippen molar-refractivity contribution in [1.82, 2.24) is 5.32 Å². The Labute approximate surface area is 179 Å². The lowest BCUT2D eigenvalue weighted by Crippen LogP contribution is -2.33. The Morgan fingerprint density at radius 3 is 2.17 bits per heavy atom. The molecule has 2 atom stereocenters. The van der Waals surface area contributed by atoms with Crippen molar-refractivity contribution >= 4 is 21.4 Å². The van der Waals surface area contributed by atoms with Gasteiger partial charge in [-0.05, 0) is 47.6 Å². The molecule has 0 radical (unpaired) electrons. The molecule has 7 heteroatoms. The largest absolute Gasteiger partial charge is 0.322 e. The lowest BCUT2D eigenvalue weighted by molar-refractivity contribution is -0.115. The van der Waals surface area contributed by atoms with Crippen LogP contribution in [0.15, 0.2) is 47.4 Å². The van der Waals surface area contributed by atoms with Gasteiger partial charge in [0.05, 0.1) is 17.1 Å². The van der Waals surface area contributed by atoms with Gasteiger partial charge < -0.3 is 10.6 Å². The minimum atomic E-state index is -3.50. The number of amides is 1. The van der Waals surface area contributed by atoms with E-state index in [2.05, 4.69) is 62.6 Å². The quantitative estimate of drug-likeness (QED) is 0.563. The van der Waals surface area contributed by atoms with Crippen LogP contribution in [0.25, 0.3) is 0 Å². The standard InChI is InChI=1S/C23H31FN2O3S/c1-6-16(4)17-7-9-18(10-8-17)23(15(2)3)25-14-22(27)26-21-13-19(30(5,28)29)11-12-20(21)24/h7-13,15-16,23,25H,6,14H2,1-5H3,(H,26,27)/t16-,23-/m0/s1. The fraction of sp³-hybridized carbons (Fsp3) is 0.435. The van der Waals surface area contributed by atoms with Crippen LogP contribution in [0.4, 0.5) is 10.1 Å². The number of carbonyl (C=O) groups excluding carboxylic acids is 1. The van der Waals surface area contributed by atoms with Gasteiger partial charge in [0, 0.05) is 12.3 Å². The van der Waals surface area contributed by atoms with E-state index in [0.29, 0.717) is 5.92 Å². The highest BCUT2D eigenvalue weighted by molar-refractivity contribution is 7.90. The average Bonchev–Trinajstić information content (AvgIpc) is 2.68. The van der Waals surface area contributed by atoms with Crippen LogP contribution in [0.2, 0.25) is 0 Å². The van der Waals surface area contributed by atoms with Crippen molar-refractivity contribution in [2.75, 3.05) is 18.1 Å². The predicted octanol–water partition coefficient (Wildman–Crippen LogP) is 4.67. The predicted molar refractivity (Wildman–Crippen MR) is 119 cm³/mol. The van der Waals surface area contributed by atoms with Crippen LogP contribution in [0, 0.1) is 11.7 Å². The van der Waals surface area contributed by atoms with Crippen LogP contribution in [-0.2, 0) is 14.6 Å². The summed E-state index contributed by atoms with van der Waals surface area (Å²) >= 11 is 0. The van der Waals surface area contributed by atoms with Gasteiger partial charge in [-0.15, -0.1) is 0 Å². The number of hydrogen-bond donors (Lipinski definition) is 2. The summed E-state index contributed by atoms with van der Waals surface area (Å²) in [7, 11) is -3.50. The number of halogens is 1. The van der Waals surface area contributed by atoms with Gasteiger partial charge in [0.25, 0.3) is 0 Å². The number of anilines is 1. The minimum absolute atomic E-state index is 0.0293. The number of benzene rings is 2. The maximum Gasteiger partial charge on any atom is 0.238 e. The first-order valence-electron chi connectivity index (χ1n) is 10.2. The molecule has 2 aromatic rings. The Balaban J connectivity index is 2.07. The summed E-state index contributed by atoms with van der Waals surface area (Å²) in [6, 6.07) is 11.7. The Morgan fingerprint density at radius 2 is 1.63 bits per heavy atom. The van der Waals surface area contributed by atoms with E-state index in [0.717, 1.165) is 30.4 Å². The van der Waals surface area contributed by atoms with Crippen molar-refractivity contribution in [2.45, 2.75) is 51.0 Å². The van der Waals surface area contributed by atoms with Crippen LogP contribution in [-0.4, -0.2) is 27.1 Å². The fourth-order valence-electron chi connectivity index (χ4n) is 3.23. The summed E-state index contributed by atoms with van der Waals surface area (Å²) in [6.45, 7) is 8.44. The Hall–Kier alpha value is -2.25. The van der Waals surface area contributed by atoms with E-state index in [1.807, 2.05) is 0 Å². The molecule has 0 aliphatic carbocycles. The molecular formula is C23H31FN2O3S. The zero-order valence-corrected chi connectivity index (χ0v) is 19.0. The number of hydrogen-bond acceptors (Lipinski definition) is 4. The molecule has 0 saturated carbocycles. The monoisotopic (exact) mass is 434 g/mol. The Kier molecular flexibility index (Phi) is 8.15. The second kappa shape index (κ2) is 10.2. The first kappa shape index (κ1) is 24.0. The van der Waals surface area contributed by atoms with Crippen LogP contribution in [0.3, 0.4) is 0 Å². The van der Waals surface area contributed by atoms with Crippen molar-refractivity contribution in [2.24, 2.45) is 5.92 Å². The van der Waals surface area contributed by atoms with E-state index >= 15 is 0 Å². The van der Waals surface area contributed by atoms with E-state index < -0.39 is 21.6 Å². The molecule has 1 amide bonds. The second-order valence-corrected chi connectivity index (χ2v) is 10.1. The van der Waals surface area contributed by atoms with Gasteiger partial charge in [0.1, 0.15) is 5.82 Å². The molecule has 0 aromatic heterocycles. The average molecular weight is 435 g/mol. The fourth-order valence-corrected chi connectivity index (χ4v) is 3.88. The molecule has 2 aromatic carbocycles. The van der Waals surface area contributed by atoms with Gasteiger partial charge >= 0.3 is 0 Å². The molecule has 2 N–H and O–H groups in total. The lowest BCUT2D eigenvalue weighted by atomic mass is 9.92. The van der Waals surface area contributed by atoms with Crippen molar-refractivity contribution in [3.8, 4) is 0 Å². The summed E-state index contributed by atoms with van der Waals surface area (Å²) in [5, 5.41) is 5.69. The normalized spacial score (nSPS) is 13.8. The maximum atomic E-state index is 14.0. The van der Waals surface area contributed by atoms with E-state index in [4.69, 9.17) is 0 Å². The third kappa shape index (κ3) is 6.37. The molecule has 0 bridgehead atoms. The van der Waals surface area contributed by atoms with Gasteiger partial charge in [0.2, 0.25) is 5.91 Å². The summed E-state index contributed by atoms with van der Waals surface area (Å²) < 4.78 is 37.3. The summed E-state index contributed by atoms with van der Waals surface area (Å²) in [5.41, 5.74) is 2.21. The highest BCUT2D eigenvalue weighted by Gasteiger charge is 2.18. The number of sulfone groups is 1. The summed E-state index contributed by atoms with van der Waals surface area (Å²) in [5.74, 6) is -0.399. The first-order chi connectivity index (χ1) is 14.0. The highest BCUT2D eigenvalue weighted by Crippen LogP contribution is 2.25. The van der Waals surface area contributed by atoms with Gasteiger partial charge in [-0.2, -0.15) is 0 Å². The van der Waals surface area contributed by atoms with Crippen molar-refractivity contribution in [3.63, 3.8) is 0 Å². The topological polar surface area (TPSA) is 75.3 Å². The molecule has 5 nitrogen and oxygen atoms in total. The molecule has 0 saturated heterocycles. The van der Waals surface area contributed by atoms with Gasteiger partial charge in [-0.1, -0.05) is 52.0 Å². The molecule has 0 aliphatic heterocycles. The molecule has 0 unspecified atom stereocenters. The zero-order valence-electron chi connectivity index (χ0n) is 18.2. The Morgan fingerprint density at radius 1 is 1.03 bits per heavy atom. The van der Waals surface area contributed by atoms with E-state index in [1.54, 1.807) is 0 Å². The first-order valence-corrected chi connectivity index (χ1v) is 12.0. The van der Waals surface area contributed by atoms with Gasteiger partial charge in [-0.3, -0.25) is 4.79 Å². The molecular weight excluding hydrogens is 403 g/mol. The van der Waals surface area contributed by atoms with Gasteiger partial charge in [0.15, 0.2) is 9.84 Å². The van der Waals surface area contributed by atoms with Crippen LogP contribution in [0.1, 0.15) is 57.2 Å². The Bertz CT molecular complexity index is 972. The minimum Gasteiger partial charge on any atom is -0.322 e. The van der Waals surface area contributed by atoms with Crippen molar-refractivity contribution < 1.29 is 17.6 Å². The molecule has 30 heavy (non-hydrogen) atoms. The summed E-state index contributed by atoms with van der Waals surface area (Å²) in [4.78, 5) is 12.3. The van der Waals surface area contributed by atoms with Crippen molar-refractivity contribution in [1.29, 1.82) is 0 Å². The highest BCUT2D eigenvalue weighted by atomic mass is 32.2. The lowest BCUT2D eigenvalue weighted by Gasteiger charge is -2.23. The molecule has 164 valence electrons. The smallest absolute Gasteiger partial charge is 0.238 e. The van der Waals surface area contributed by atoms with E-state index in [9.17, 15) is 17.6 Å². The van der Waals surface area contributed by atoms with E-state index in [-0.39, 0.29) is 29.1 Å². The van der Waals surface area contributed by atoms with Crippen LogP contribution < -0.4 is 10.6 Å². The molecule has 0 spiro atoms.